The second-order valence-corrected chi connectivity index (χ2v) is 5.74. The molecule has 0 saturated carbocycles. The molecule has 1 rings (SSSR count). The highest BCUT2D eigenvalue weighted by Crippen LogP contribution is 2.22. The maximum Gasteiger partial charge on any atom is 0.306 e. The van der Waals surface area contributed by atoms with Gasteiger partial charge in [-0.3, -0.25) is 9.59 Å². The van der Waals surface area contributed by atoms with Gasteiger partial charge in [-0.05, 0) is 39.5 Å². The first-order valence-electron chi connectivity index (χ1n) is 6.25. The van der Waals surface area contributed by atoms with Gasteiger partial charge >= 0.3 is 5.97 Å². The molecule has 0 aliphatic carbocycles. The van der Waals surface area contributed by atoms with Gasteiger partial charge in [-0.15, -0.1) is 0 Å². The summed E-state index contributed by atoms with van der Waals surface area (Å²) < 4.78 is 5.30. The molecular formula is C13H23NO3. The standard InChI is InChI=1S/C13H23NO3/c1-10(15)14-7-5-11(6-8-14)9-12(16)17-13(2,3)4/h11H,5-9H2,1-4H3. The van der Waals surface area contributed by atoms with Crippen LogP contribution in [0.3, 0.4) is 0 Å². The minimum Gasteiger partial charge on any atom is -0.460 e. The van der Waals surface area contributed by atoms with Crippen molar-refractivity contribution in [1.82, 2.24) is 4.90 Å². The fourth-order valence-electron chi connectivity index (χ4n) is 2.07. The van der Waals surface area contributed by atoms with Crippen LogP contribution in [0.1, 0.15) is 47.0 Å². The number of hydrogen-bond donors (Lipinski definition) is 0. The van der Waals surface area contributed by atoms with Crippen LogP contribution in [0.5, 0.6) is 0 Å². The molecule has 0 radical (unpaired) electrons. The Kier molecular flexibility index (Phi) is 4.54. The van der Waals surface area contributed by atoms with E-state index >= 15 is 0 Å². The molecule has 0 aromatic rings. The van der Waals surface area contributed by atoms with Crippen molar-refractivity contribution >= 4 is 11.9 Å². The summed E-state index contributed by atoms with van der Waals surface area (Å²) in [6.07, 6.45) is 2.28. The molecule has 1 amide bonds. The van der Waals surface area contributed by atoms with Gasteiger partial charge in [0.1, 0.15) is 5.60 Å². The van der Waals surface area contributed by atoms with E-state index in [1.54, 1.807) is 6.92 Å². The first-order valence-corrected chi connectivity index (χ1v) is 6.25. The average molecular weight is 241 g/mol. The lowest BCUT2D eigenvalue weighted by Crippen LogP contribution is -2.38. The van der Waals surface area contributed by atoms with Crippen LogP contribution in [0, 0.1) is 5.92 Å². The second kappa shape index (κ2) is 5.52. The van der Waals surface area contributed by atoms with Crippen molar-refractivity contribution in [1.29, 1.82) is 0 Å². The Morgan fingerprint density at radius 1 is 1.24 bits per heavy atom. The van der Waals surface area contributed by atoms with E-state index in [1.165, 1.54) is 0 Å². The maximum absolute atomic E-state index is 11.6. The number of ether oxygens (including phenoxy) is 1. The van der Waals surface area contributed by atoms with Crippen molar-refractivity contribution in [3.05, 3.63) is 0 Å². The summed E-state index contributed by atoms with van der Waals surface area (Å²) in [7, 11) is 0. The molecule has 17 heavy (non-hydrogen) atoms. The lowest BCUT2D eigenvalue weighted by Gasteiger charge is -2.31. The number of piperidine rings is 1. The highest BCUT2D eigenvalue weighted by molar-refractivity contribution is 5.73. The number of hydrogen-bond acceptors (Lipinski definition) is 3. The lowest BCUT2D eigenvalue weighted by atomic mass is 9.93. The SMILES string of the molecule is CC(=O)N1CCC(CC(=O)OC(C)(C)C)CC1. The molecule has 0 N–H and O–H groups in total. The third-order valence-electron chi connectivity index (χ3n) is 2.94. The van der Waals surface area contributed by atoms with Crippen LogP contribution in [-0.4, -0.2) is 35.5 Å². The summed E-state index contributed by atoms with van der Waals surface area (Å²) in [5.74, 6) is 0.361. The normalized spacial score (nSPS) is 18.0. The van der Waals surface area contributed by atoms with Gasteiger partial charge in [0.2, 0.25) is 5.91 Å². The van der Waals surface area contributed by atoms with E-state index in [-0.39, 0.29) is 11.9 Å². The zero-order valence-electron chi connectivity index (χ0n) is 11.3. The molecule has 0 aromatic carbocycles. The molecule has 0 aromatic heterocycles. The Hall–Kier alpha value is -1.06. The van der Waals surface area contributed by atoms with Crippen LogP contribution in [-0.2, 0) is 14.3 Å². The molecule has 1 saturated heterocycles. The van der Waals surface area contributed by atoms with E-state index in [9.17, 15) is 9.59 Å². The largest absolute Gasteiger partial charge is 0.460 e. The van der Waals surface area contributed by atoms with E-state index in [4.69, 9.17) is 4.74 Å². The topological polar surface area (TPSA) is 46.6 Å². The molecule has 0 spiro atoms. The highest BCUT2D eigenvalue weighted by Gasteiger charge is 2.25. The zero-order chi connectivity index (χ0) is 13.1. The number of nitrogens with zero attached hydrogens (tertiary/aromatic N) is 1. The molecule has 1 aliphatic rings. The highest BCUT2D eigenvalue weighted by atomic mass is 16.6. The third kappa shape index (κ3) is 5.20. The van der Waals surface area contributed by atoms with E-state index in [2.05, 4.69) is 0 Å². The number of amides is 1. The first-order chi connectivity index (χ1) is 7.78. The maximum atomic E-state index is 11.6. The zero-order valence-corrected chi connectivity index (χ0v) is 11.3. The van der Waals surface area contributed by atoms with Crippen molar-refractivity contribution in [2.24, 2.45) is 5.92 Å². The van der Waals surface area contributed by atoms with Gasteiger partial charge in [0.15, 0.2) is 0 Å². The summed E-state index contributed by atoms with van der Waals surface area (Å²) >= 11 is 0. The Bertz CT molecular complexity index is 286. The predicted molar refractivity (Wildman–Crippen MR) is 65.4 cm³/mol. The Balaban J connectivity index is 2.31. The van der Waals surface area contributed by atoms with Crippen LogP contribution in [0.4, 0.5) is 0 Å². The number of carbonyl (C=O) groups is 2. The molecule has 4 heteroatoms. The van der Waals surface area contributed by atoms with Gasteiger partial charge in [0, 0.05) is 26.4 Å². The van der Waals surface area contributed by atoms with E-state index in [0.717, 1.165) is 25.9 Å². The first kappa shape index (κ1) is 14.0. The predicted octanol–water partition coefficient (Wildman–Crippen LogP) is 1.98. The van der Waals surface area contributed by atoms with Gasteiger partial charge in [-0.25, -0.2) is 0 Å². The van der Waals surface area contributed by atoms with Gasteiger partial charge in [-0.2, -0.15) is 0 Å². The Labute approximate surface area is 103 Å². The van der Waals surface area contributed by atoms with Crippen LogP contribution >= 0.6 is 0 Å². The molecule has 1 fully saturated rings. The van der Waals surface area contributed by atoms with Crippen LogP contribution in [0.15, 0.2) is 0 Å². The average Bonchev–Trinajstić information content (AvgIpc) is 2.15. The quantitative estimate of drug-likeness (QED) is 0.694. The van der Waals surface area contributed by atoms with Crippen molar-refractivity contribution in [3.8, 4) is 0 Å². The Morgan fingerprint density at radius 2 is 1.76 bits per heavy atom. The molecule has 4 nitrogen and oxygen atoms in total. The van der Waals surface area contributed by atoms with Crippen molar-refractivity contribution in [3.63, 3.8) is 0 Å². The summed E-state index contributed by atoms with van der Waals surface area (Å²) in [6, 6.07) is 0. The van der Waals surface area contributed by atoms with E-state index in [1.807, 2.05) is 25.7 Å². The summed E-state index contributed by atoms with van der Waals surface area (Å²) in [5.41, 5.74) is -0.406. The van der Waals surface area contributed by atoms with E-state index in [0.29, 0.717) is 12.3 Å². The molecule has 0 unspecified atom stereocenters. The van der Waals surface area contributed by atoms with Crippen LogP contribution in [0.25, 0.3) is 0 Å². The number of likely N-dealkylation sites (tertiary alicyclic amines) is 1. The van der Waals surface area contributed by atoms with Gasteiger partial charge in [0.25, 0.3) is 0 Å². The van der Waals surface area contributed by atoms with Crippen molar-refractivity contribution in [2.75, 3.05) is 13.1 Å². The van der Waals surface area contributed by atoms with Crippen molar-refractivity contribution in [2.45, 2.75) is 52.6 Å². The van der Waals surface area contributed by atoms with Gasteiger partial charge in [-0.1, -0.05) is 0 Å². The summed E-state index contributed by atoms with van der Waals surface area (Å²) in [6.45, 7) is 8.76. The number of rotatable bonds is 2. The molecule has 0 bridgehead atoms. The molecule has 98 valence electrons. The van der Waals surface area contributed by atoms with Crippen LogP contribution < -0.4 is 0 Å². The van der Waals surface area contributed by atoms with Crippen molar-refractivity contribution < 1.29 is 14.3 Å². The smallest absolute Gasteiger partial charge is 0.306 e. The number of esters is 1. The fourth-order valence-corrected chi connectivity index (χ4v) is 2.07. The molecule has 1 heterocycles. The number of carbonyl (C=O) groups excluding carboxylic acids is 2. The second-order valence-electron chi connectivity index (χ2n) is 5.74. The molecule has 0 atom stereocenters. The minimum absolute atomic E-state index is 0.126. The Morgan fingerprint density at radius 3 is 2.18 bits per heavy atom. The molecular weight excluding hydrogens is 218 g/mol. The minimum atomic E-state index is -0.406. The van der Waals surface area contributed by atoms with Gasteiger partial charge in [0.05, 0.1) is 0 Å². The summed E-state index contributed by atoms with van der Waals surface area (Å²) in [4.78, 5) is 24.6. The third-order valence-corrected chi connectivity index (χ3v) is 2.94. The fraction of sp³-hybridized carbons (Fsp3) is 0.846. The lowest BCUT2D eigenvalue weighted by molar-refractivity contribution is -0.156. The van der Waals surface area contributed by atoms with Crippen LogP contribution in [0.2, 0.25) is 0 Å². The monoisotopic (exact) mass is 241 g/mol. The molecule has 1 aliphatic heterocycles. The summed E-state index contributed by atoms with van der Waals surface area (Å²) in [5, 5.41) is 0. The van der Waals surface area contributed by atoms with E-state index < -0.39 is 5.60 Å². The van der Waals surface area contributed by atoms with Gasteiger partial charge < -0.3 is 9.64 Å².